The largest absolute Gasteiger partial charge is 0.343 e. The number of rotatable bonds is 5. The second-order valence-corrected chi connectivity index (χ2v) is 6.29. The number of benzene rings is 2. The lowest BCUT2D eigenvalue weighted by atomic mass is 10.1. The summed E-state index contributed by atoms with van der Waals surface area (Å²) in [5.41, 5.74) is 4.47. The van der Waals surface area contributed by atoms with E-state index < -0.39 is 0 Å². The molecule has 0 fully saturated rings. The Morgan fingerprint density at radius 3 is 2.78 bits per heavy atom. The Kier molecular flexibility index (Phi) is 4.42. The lowest BCUT2D eigenvalue weighted by Crippen LogP contribution is -2.22. The summed E-state index contributed by atoms with van der Waals surface area (Å²) < 4.78 is 7.33. The monoisotopic (exact) mass is 361 g/mol. The van der Waals surface area contributed by atoms with Crippen molar-refractivity contribution in [1.29, 1.82) is 0 Å². The van der Waals surface area contributed by atoms with Gasteiger partial charge >= 0.3 is 0 Å². The van der Waals surface area contributed by atoms with Gasteiger partial charge in [-0.3, -0.25) is 4.79 Å². The van der Waals surface area contributed by atoms with Crippen LogP contribution in [-0.2, 0) is 13.1 Å². The van der Waals surface area contributed by atoms with E-state index in [1.807, 2.05) is 43.6 Å². The summed E-state index contributed by atoms with van der Waals surface area (Å²) >= 11 is 0. The Labute approximate surface area is 156 Å². The summed E-state index contributed by atoms with van der Waals surface area (Å²) in [5.74, 6) is 0.647. The van der Waals surface area contributed by atoms with Crippen LogP contribution in [-0.4, -0.2) is 25.6 Å². The first-order chi connectivity index (χ1) is 13.1. The molecule has 136 valence electrons. The molecule has 27 heavy (non-hydrogen) atoms. The van der Waals surface area contributed by atoms with Gasteiger partial charge in [0.2, 0.25) is 11.7 Å². The van der Waals surface area contributed by atoms with Gasteiger partial charge in [-0.15, -0.1) is 0 Å². The highest BCUT2D eigenvalue weighted by Crippen LogP contribution is 2.21. The molecule has 2 aromatic carbocycles. The number of amides is 1. The van der Waals surface area contributed by atoms with E-state index in [4.69, 9.17) is 4.52 Å². The molecule has 4 rings (SSSR count). The average molecular weight is 361 g/mol. The third-order valence-corrected chi connectivity index (χ3v) is 4.40. The highest BCUT2D eigenvalue weighted by molar-refractivity contribution is 5.94. The van der Waals surface area contributed by atoms with Gasteiger partial charge in [0.05, 0.1) is 23.9 Å². The fourth-order valence-electron chi connectivity index (χ4n) is 2.86. The van der Waals surface area contributed by atoms with Gasteiger partial charge in [0, 0.05) is 17.7 Å². The van der Waals surface area contributed by atoms with Crippen LogP contribution < -0.4 is 5.32 Å². The second-order valence-electron chi connectivity index (χ2n) is 6.29. The number of nitrogens with one attached hydrogen (secondary N) is 1. The normalized spacial score (nSPS) is 11.0. The maximum absolute atomic E-state index is 12.2. The fourth-order valence-corrected chi connectivity index (χ4v) is 2.86. The first-order valence-corrected chi connectivity index (χ1v) is 8.77. The van der Waals surface area contributed by atoms with E-state index in [1.165, 1.54) is 0 Å². The fraction of sp³-hybridized carbons (Fsp3) is 0.200. The molecule has 0 bridgehead atoms. The van der Waals surface area contributed by atoms with Crippen molar-refractivity contribution < 1.29 is 9.32 Å². The SMILES string of the molecule is CCn1cnc2cc(-c3noc(CNC(=O)c4ccc(C)cc4)n3)ccc21. The molecule has 0 saturated heterocycles. The van der Waals surface area contributed by atoms with Gasteiger partial charge in [0.15, 0.2) is 0 Å². The Morgan fingerprint density at radius 2 is 2.00 bits per heavy atom. The number of imidazole rings is 1. The lowest BCUT2D eigenvalue weighted by Gasteiger charge is -2.02. The number of aromatic nitrogens is 4. The number of carbonyl (C=O) groups is 1. The van der Waals surface area contributed by atoms with E-state index in [9.17, 15) is 4.79 Å². The van der Waals surface area contributed by atoms with Crippen molar-refractivity contribution >= 4 is 16.9 Å². The van der Waals surface area contributed by atoms with Crippen LogP contribution in [0.5, 0.6) is 0 Å². The van der Waals surface area contributed by atoms with Crippen molar-refractivity contribution in [2.24, 2.45) is 0 Å². The van der Waals surface area contributed by atoms with E-state index in [1.54, 1.807) is 12.1 Å². The number of carbonyl (C=O) groups excluding carboxylic acids is 1. The Bertz CT molecular complexity index is 1100. The van der Waals surface area contributed by atoms with Gasteiger partial charge in [-0.2, -0.15) is 4.98 Å². The van der Waals surface area contributed by atoms with Crippen LogP contribution in [0.3, 0.4) is 0 Å². The zero-order chi connectivity index (χ0) is 18.8. The van der Waals surface area contributed by atoms with Crippen LogP contribution in [0.2, 0.25) is 0 Å². The van der Waals surface area contributed by atoms with Crippen molar-refractivity contribution in [3.05, 3.63) is 65.8 Å². The maximum Gasteiger partial charge on any atom is 0.251 e. The van der Waals surface area contributed by atoms with Gasteiger partial charge in [-0.1, -0.05) is 22.9 Å². The van der Waals surface area contributed by atoms with Crippen molar-refractivity contribution in [3.63, 3.8) is 0 Å². The highest BCUT2D eigenvalue weighted by atomic mass is 16.5. The molecule has 0 atom stereocenters. The van der Waals surface area contributed by atoms with E-state index in [0.717, 1.165) is 28.7 Å². The Balaban J connectivity index is 1.47. The minimum absolute atomic E-state index is 0.173. The van der Waals surface area contributed by atoms with Crippen molar-refractivity contribution in [2.45, 2.75) is 26.9 Å². The summed E-state index contributed by atoms with van der Waals surface area (Å²) in [6, 6.07) is 13.2. The molecule has 0 aliphatic heterocycles. The number of aryl methyl sites for hydroxylation is 2. The lowest BCUT2D eigenvalue weighted by molar-refractivity contribution is 0.0946. The molecule has 0 radical (unpaired) electrons. The van der Waals surface area contributed by atoms with Crippen LogP contribution in [0.25, 0.3) is 22.4 Å². The van der Waals surface area contributed by atoms with Gasteiger partial charge in [-0.05, 0) is 44.2 Å². The van der Waals surface area contributed by atoms with Gasteiger partial charge in [0.25, 0.3) is 5.91 Å². The molecular weight excluding hydrogens is 342 g/mol. The molecular formula is C20H19N5O2. The predicted molar refractivity (Wildman–Crippen MR) is 101 cm³/mol. The standard InChI is InChI=1S/C20H19N5O2/c1-3-25-12-22-16-10-15(8-9-17(16)25)19-23-18(27-24-19)11-21-20(26)14-6-4-13(2)5-7-14/h4-10,12H,3,11H2,1-2H3,(H,21,26). The average Bonchev–Trinajstić information content (AvgIpc) is 3.33. The summed E-state index contributed by atoms with van der Waals surface area (Å²) in [5, 5.41) is 6.80. The first kappa shape index (κ1) is 17.0. The quantitative estimate of drug-likeness (QED) is 0.589. The molecule has 1 amide bonds. The van der Waals surface area contributed by atoms with Gasteiger partial charge in [-0.25, -0.2) is 4.98 Å². The molecule has 4 aromatic rings. The highest BCUT2D eigenvalue weighted by Gasteiger charge is 2.12. The molecule has 0 unspecified atom stereocenters. The molecule has 2 aromatic heterocycles. The third kappa shape index (κ3) is 3.44. The smallest absolute Gasteiger partial charge is 0.251 e. The molecule has 0 aliphatic carbocycles. The van der Waals surface area contributed by atoms with Gasteiger partial charge in [0.1, 0.15) is 0 Å². The van der Waals surface area contributed by atoms with E-state index in [2.05, 4.69) is 31.9 Å². The Morgan fingerprint density at radius 1 is 1.19 bits per heavy atom. The molecule has 7 heteroatoms. The van der Waals surface area contributed by atoms with E-state index >= 15 is 0 Å². The van der Waals surface area contributed by atoms with Crippen molar-refractivity contribution in [3.8, 4) is 11.4 Å². The number of hydrogen-bond acceptors (Lipinski definition) is 5. The minimum atomic E-state index is -0.179. The summed E-state index contributed by atoms with van der Waals surface area (Å²) in [7, 11) is 0. The molecule has 2 heterocycles. The van der Waals surface area contributed by atoms with Gasteiger partial charge < -0.3 is 14.4 Å². The van der Waals surface area contributed by atoms with Crippen LogP contribution >= 0.6 is 0 Å². The zero-order valence-corrected chi connectivity index (χ0v) is 15.1. The minimum Gasteiger partial charge on any atom is -0.343 e. The van der Waals surface area contributed by atoms with Crippen molar-refractivity contribution in [1.82, 2.24) is 25.0 Å². The summed E-state index contributed by atoms with van der Waals surface area (Å²) in [4.78, 5) is 20.9. The zero-order valence-electron chi connectivity index (χ0n) is 15.1. The summed E-state index contributed by atoms with van der Waals surface area (Å²) in [6.07, 6.45) is 1.82. The molecule has 7 nitrogen and oxygen atoms in total. The molecule has 1 N–H and O–H groups in total. The maximum atomic E-state index is 12.2. The summed E-state index contributed by atoms with van der Waals surface area (Å²) in [6.45, 7) is 5.09. The van der Waals surface area contributed by atoms with Crippen LogP contribution in [0.1, 0.15) is 28.7 Å². The van der Waals surface area contributed by atoms with E-state index in [-0.39, 0.29) is 12.5 Å². The Hall–Kier alpha value is -3.48. The van der Waals surface area contributed by atoms with Crippen molar-refractivity contribution in [2.75, 3.05) is 0 Å². The second kappa shape index (κ2) is 7.03. The van der Waals surface area contributed by atoms with Crippen LogP contribution in [0, 0.1) is 6.92 Å². The molecule has 0 spiro atoms. The number of nitrogens with zero attached hydrogens (tertiary/aromatic N) is 4. The molecule has 0 saturated carbocycles. The third-order valence-electron chi connectivity index (χ3n) is 4.40. The van der Waals surface area contributed by atoms with Crippen LogP contribution in [0.15, 0.2) is 53.3 Å². The topological polar surface area (TPSA) is 85.8 Å². The number of fused-ring (bicyclic) bond motifs is 1. The molecule has 0 aliphatic rings. The number of hydrogen-bond donors (Lipinski definition) is 1. The van der Waals surface area contributed by atoms with Crippen LogP contribution in [0.4, 0.5) is 0 Å². The predicted octanol–water partition coefficient (Wildman–Crippen LogP) is 3.34. The first-order valence-electron chi connectivity index (χ1n) is 8.77. The van der Waals surface area contributed by atoms with E-state index in [0.29, 0.717) is 17.3 Å².